The second-order valence-corrected chi connectivity index (χ2v) is 6.43. The maximum Gasteiger partial charge on any atom is 0.411 e. The van der Waals surface area contributed by atoms with E-state index in [4.69, 9.17) is 9.47 Å². The van der Waals surface area contributed by atoms with Crippen molar-refractivity contribution >= 4 is 15.9 Å². The number of amides is 1. The standard InChI is InChI=1S/C13H14F3NO6S/c14-13(15,16)8-21-4-3-12(18)17-24(19,20)9-1-2-10-11(7-9)23-6-5-22-10/h1-2,7H,3-6,8H2,(H,17,18). The predicted octanol–water partition coefficient (Wildman–Crippen LogP) is 1.23. The van der Waals surface area contributed by atoms with E-state index in [0.717, 1.165) is 0 Å². The summed E-state index contributed by atoms with van der Waals surface area (Å²) < 4.78 is 76.2. The number of fused-ring (bicyclic) bond motifs is 1. The number of carbonyl (C=O) groups is 1. The topological polar surface area (TPSA) is 90.9 Å². The molecule has 1 N–H and O–H groups in total. The lowest BCUT2D eigenvalue weighted by atomic mass is 10.3. The van der Waals surface area contributed by atoms with Gasteiger partial charge in [-0.2, -0.15) is 13.2 Å². The van der Waals surface area contributed by atoms with E-state index in [1.54, 1.807) is 4.72 Å². The highest BCUT2D eigenvalue weighted by Gasteiger charge is 2.27. The van der Waals surface area contributed by atoms with E-state index in [1.165, 1.54) is 18.2 Å². The second kappa shape index (κ2) is 7.26. The van der Waals surface area contributed by atoms with Crippen molar-refractivity contribution in [2.45, 2.75) is 17.5 Å². The SMILES string of the molecule is O=C(CCOCC(F)(F)F)NS(=O)(=O)c1ccc2c(c1)OCCO2. The molecular formula is C13H14F3NO6S. The van der Waals surface area contributed by atoms with Crippen LogP contribution in [0.5, 0.6) is 11.5 Å². The number of rotatable bonds is 6. The number of halogens is 3. The molecule has 1 heterocycles. The molecule has 0 aromatic heterocycles. The molecule has 0 saturated heterocycles. The summed E-state index contributed by atoms with van der Waals surface area (Å²) in [6.45, 7) is -1.45. The van der Waals surface area contributed by atoms with Crippen molar-refractivity contribution in [1.82, 2.24) is 4.72 Å². The number of hydrogen-bond acceptors (Lipinski definition) is 6. The van der Waals surface area contributed by atoms with Crippen LogP contribution in [0.2, 0.25) is 0 Å². The molecule has 11 heteroatoms. The first-order chi connectivity index (χ1) is 11.2. The molecular weight excluding hydrogens is 355 g/mol. The monoisotopic (exact) mass is 369 g/mol. The number of benzene rings is 1. The lowest BCUT2D eigenvalue weighted by molar-refractivity contribution is -0.174. The van der Waals surface area contributed by atoms with Crippen molar-refractivity contribution < 1.29 is 40.6 Å². The Morgan fingerprint density at radius 1 is 1.21 bits per heavy atom. The van der Waals surface area contributed by atoms with Crippen LogP contribution in [0.25, 0.3) is 0 Å². The summed E-state index contributed by atoms with van der Waals surface area (Å²) in [5.41, 5.74) is 0. The third-order valence-electron chi connectivity index (χ3n) is 2.81. The number of sulfonamides is 1. The van der Waals surface area contributed by atoms with E-state index >= 15 is 0 Å². The molecule has 0 saturated carbocycles. The van der Waals surface area contributed by atoms with Crippen molar-refractivity contribution in [3.05, 3.63) is 18.2 Å². The van der Waals surface area contributed by atoms with Gasteiger partial charge in [-0.15, -0.1) is 0 Å². The first-order valence-corrected chi connectivity index (χ1v) is 8.25. The van der Waals surface area contributed by atoms with Crippen LogP contribution in [-0.2, 0) is 19.6 Å². The van der Waals surface area contributed by atoms with Gasteiger partial charge in [0.25, 0.3) is 10.0 Å². The van der Waals surface area contributed by atoms with Crippen LogP contribution >= 0.6 is 0 Å². The molecule has 1 aliphatic rings. The molecule has 1 aromatic carbocycles. The second-order valence-electron chi connectivity index (χ2n) is 4.75. The third kappa shape index (κ3) is 5.27. The molecule has 1 aromatic rings. The van der Waals surface area contributed by atoms with E-state index in [9.17, 15) is 26.4 Å². The Bertz CT molecular complexity index is 704. The molecule has 2 rings (SSSR count). The highest BCUT2D eigenvalue weighted by molar-refractivity contribution is 7.90. The molecule has 0 atom stereocenters. The quantitative estimate of drug-likeness (QED) is 0.759. The number of ether oxygens (including phenoxy) is 3. The smallest absolute Gasteiger partial charge is 0.411 e. The zero-order chi connectivity index (χ0) is 17.8. The largest absolute Gasteiger partial charge is 0.486 e. The van der Waals surface area contributed by atoms with Gasteiger partial charge in [-0.3, -0.25) is 4.79 Å². The fourth-order valence-corrected chi connectivity index (χ4v) is 2.83. The van der Waals surface area contributed by atoms with Crippen molar-refractivity contribution in [2.24, 2.45) is 0 Å². The fraction of sp³-hybridized carbons (Fsp3) is 0.462. The predicted molar refractivity (Wildman–Crippen MR) is 74.3 cm³/mol. The molecule has 134 valence electrons. The zero-order valence-electron chi connectivity index (χ0n) is 12.3. The van der Waals surface area contributed by atoms with Crippen LogP contribution in [0.3, 0.4) is 0 Å². The van der Waals surface area contributed by atoms with E-state index in [-0.39, 0.29) is 17.3 Å². The first kappa shape index (κ1) is 18.3. The molecule has 0 fully saturated rings. The van der Waals surface area contributed by atoms with Gasteiger partial charge in [0.05, 0.1) is 17.9 Å². The minimum Gasteiger partial charge on any atom is -0.486 e. The van der Waals surface area contributed by atoms with Crippen LogP contribution in [0.1, 0.15) is 6.42 Å². The highest BCUT2D eigenvalue weighted by atomic mass is 32.2. The van der Waals surface area contributed by atoms with Crippen LogP contribution < -0.4 is 14.2 Å². The van der Waals surface area contributed by atoms with Gasteiger partial charge in [0.1, 0.15) is 19.8 Å². The van der Waals surface area contributed by atoms with Gasteiger partial charge in [-0.1, -0.05) is 0 Å². The lowest BCUT2D eigenvalue weighted by Crippen LogP contribution is -2.31. The number of carbonyl (C=O) groups excluding carboxylic acids is 1. The third-order valence-corrected chi connectivity index (χ3v) is 4.18. The van der Waals surface area contributed by atoms with E-state index < -0.39 is 41.7 Å². The summed E-state index contributed by atoms with van der Waals surface area (Å²) >= 11 is 0. The Kier molecular flexibility index (Phi) is 5.54. The Hall–Kier alpha value is -2.01. The molecule has 0 unspecified atom stereocenters. The molecule has 0 aliphatic carbocycles. The highest BCUT2D eigenvalue weighted by Crippen LogP contribution is 2.32. The molecule has 7 nitrogen and oxygen atoms in total. The maximum atomic E-state index is 12.1. The number of hydrogen-bond donors (Lipinski definition) is 1. The molecule has 1 aliphatic heterocycles. The molecule has 0 spiro atoms. The zero-order valence-corrected chi connectivity index (χ0v) is 13.1. The van der Waals surface area contributed by atoms with E-state index in [1.807, 2.05) is 0 Å². The van der Waals surface area contributed by atoms with Gasteiger partial charge >= 0.3 is 6.18 Å². The molecule has 0 radical (unpaired) electrons. The summed E-state index contributed by atoms with van der Waals surface area (Å²) in [5, 5.41) is 0. The van der Waals surface area contributed by atoms with Crippen LogP contribution in [-0.4, -0.2) is 46.9 Å². The van der Waals surface area contributed by atoms with Gasteiger partial charge in [0.2, 0.25) is 5.91 Å². The normalized spacial score (nSPS) is 14.3. The summed E-state index contributed by atoms with van der Waals surface area (Å²) in [6, 6.07) is 3.81. The fourth-order valence-electron chi connectivity index (χ4n) is 1.80. The minimum absolute atomic E-state index is 0.226. The average molecular weight is 369 g/mol. The average Bonchev–Trinajstić information content (AvgIpc) is 2.50. The van der Waals surface area contributed by atoms with Crippen LogP contribution in [0, 0.1) is 0 Å². The minimum atomic E-state index is -4.51. The van der Waals surface area contributed by atoms with E-state index in [2.05, 4.69) is 4.74 Å². The Morgan fingerprint density at radius 2 is 1.88 bits per heavy atom. The van der Waals surface area contributed by atoms with Gasteiger partial charge in [-0.25, -0.2) is 13.1 Å². The van der Waals surface area contributed by atoms with E-state index in [0.29, 0.717) is 12.4 Å². The Balaban J connectivity index is 1.92. The van der Waals surface area contributed by atoms with Crippen molar-refractivity contribution in [1.29, 1.82) is 0 Å². The van der Waals surface area contributed by atoms with Gasteiger partial charge in [0.15, 0.2) is 11.5 Å². The summed E-state index contributed by atoms with van der Waals surface area (Å²) in [6.07, 6.45) is -5.03. The van der Waals surface area contributed by atoms with Gasteiger partial charge in [-0.05, 0) is 12.1 Å². The molecule has 24 heavy (non-hydrogen) atoms. The van der Waals surface area contributed by atoms with Crippen LogP contribution in [0.4, 0.5) is 13.2 Å². The maximum absolute atomic E-state index is 12.1. The van der Waals surface area contributed by atoms with Crippen molar-refractivity contribution in [3.8, 4) is 11.5 Å². The Labute approximate surface area is 135 Å². The number of alkyl halides is 3. The molecule has 1 amide bonds. The Morgan fingerprint density at radius 3 is 2.54 bits per heavy atom. The lowest BCUT2D eigenvalue weighted by Gasteiger charge is -2.18. The summed E-state index contributed by atoms with van der Waals surface area (Å²) in [4.78, 5) is 11.3. The molecule has 0 bridgehead atoms. The number of nitrogens with one attached hydrogen (secondary N) is 1. The first-order valence-electron chi connectivity index (χ1n) is 6.77. The van der Waals surface area contributed by atoms with Crippen LogP contribution in [0.15, 0.2) is 23.1 Å². The summed E-state index contributed by atoms with van der Waals surface area (Å²) in [5.74, 6) is -0.371. The van der Waals surface area contributed by atoms with Crippen molar-refractivity contribution in [2.75, 3.05) is 26.4 Å². The van der Waals surface area contributed by atoms with Gasteiger partial charge < -0.3 is 14.2 Å². The van der Waals surface area contributed by atoms with Gasteiger partial charge in [0, 0.05) is 6.07 Å². The summed E-state index contributed by atoms with van der Waals surface area (Å²) in [7, 11) is -4.17. The van der Waals surface area contributed by atoms with Crippen molar-refractivity contribution in [3.63, 3.8) is 0 Å².